The van der Waals surface area contributed by atoms with E-state index in [1.54, 1.807) is 47.4 Å². The molecule has 1 heterocycles. The fraction of sp³-hybridized carbons (Fsp3) is 0.115. The lowest BCUT2D eigenvalue weighted by atomic mass is 10.1. The fourth-order valence-electron chi connectivity index (χ4n) is 3.48. The topological polar surface area (TPSA) is 58.6 Å². The van der Waals surface area contributed by atoms with Crippen molar-refractivity contribution >= 4 is 75.1 Å². The molecule has 35 heavy (non-hydrogen) atoms. The lowest BCUT2D eigenvalue weighted by Crippen LogP contribution is -2.30. The summed E-state index contributed by atoms with van der Waals surface area (Å²) in [6.07, 6.45) is 1.77. The number of rotatable bonds is 7. The largest absolute Gasteiger partial charge is 0.484 e. The first kappa shape index (κ1) is 25.3. The van der Waals surface area contributed by atoms with Crippen molar-refractivity contribution in [3.63, 3.8) is 0 Å². The van der Waals surface area contributed by atoms with Gasteiger partial charge >= 0.3 is 0 Å². The summed E-state index contributed by atoms with van der Waals surface area (Å²) in [4.78, 5) is 27.6. The van der Waals surface area contributed by atoms with Gasteiger partial charge in [-0.3, -0.25) is 14.5 Å². The molecule has 4 rings (SSSR count). The zero-order chi connectivity index (χ0) is 24.9. The molecule has 3 aromatic rings. The van der Waals surface area contributed by atoms with Gasteiger partial charge in [0.15, 0.2) is 6.61 Å². The third-order valence-corrected chi connectivity index (χ3v) is 7.39. The highest BCUT2D eigenvalue weighted by molar-refractivity contribution is 8.26. The van der Waals surface area contributed by atoms with E-state index in [0.29, 0.717) is 25.7 Å². The molecule has 9 heteroatoms. The van der Waals surface area contributed by atoms with E-state index in [-0.39, 0.29) is 29.5 Å². The van der Waals surface area contributed by atoms with E-state index in [0.717, 1.165) is 11.1 Å². The SMILES string of the molecule is C[C@H](c1ccccc1)N1C(=O)/C(=C/c2cccc(OCC(=O)Nc3cccc(Cl)c3Cl)c2)SC1=S. The Labute approximate surface area is 223 Å². The monoisotopic (exact) mass is 542 g/mol. The van der Waals surface area contributed by atoms with Gasteiger partial charge in [-0.2, -0.15) is 0 Å². The molecule has 1 N–H and O–H groups in total. The Bertz CT molecular complexity index is 1310. The number of amides is 2. The highest BCUT2D eigenvalue weighted by Gasteiger charge is 2.35. The lowest BCUT2D eigenvalue weighted by molar-refractivity contribution is -0.123. The first-order valence-corrected chi connectivity index (χ1v) is 12.6. The minimum absolute atomic E-state index is 0.138. The van der Waals surface area contributed by atoms with Crippen molar-refractivity contribution < 1.29 is 14.3 Å². The van der Waals surface area contributed by atoms with Crippen LogP contribution >= 0.6 is 47.2 Å². The van der Waals surface area contributed by atoms with Crippen LogP contribution in [0.3, 0.4) is 0 Å². The number of hydrogen-bond acceptors (Lipinski definition) is 5. The Hall–Kier alpha value is -2.84. The Balaban J connectivity index is 1.42. The molecule has 1 saturated heterocycles. The summed E-state index contributed by atoms with van der Waals surface area (Å²) in [5, 5.41) is 3.29. The Morgan fingerprint density at radius 1 is 1.11 bits per heavy atom. The minimum atomic E-state index is -0.379. The van der Waals surface area contributed by atoms with Crippen molar-refractivity contribution in [3.05, 3.63) is 98.9 Å². The maximum absolute atomic E-state index is 13.1. The summed E-state index contributed by atoms with van der Waals surface area (Å²) in [7, 11) is 0. The molecule has 178 valence electrons. The van der Waals surface area contributed by atoms with E-state index in [1.165, 1.54) is 11.8 Å². The van der Waals surface area contributed by atoms with E-state index in [4.69, 9.17) is 40.2 Å². The Kier molecular flexibility index (Phi) is 8.13. The van der Waals surface area contributed by atoms with Crippen LogP contribution in [0.5, 0.6) is 5.75 Å². The number of ether oxygens (including phenoxy) is 1. The average molecular weight is 543 g/mol. The standard InChI is InChI=1S/C26H20Cl2N2O3S2/c1-16(18-8-3-2-4-9-18)30-25(32)22(35-26(30)34)14-17-7-5-10-19(13-17)33-15-23(31)29-21-12-6-11-20(27)24(21)28/h2-14,16H,15H2,1H3,(H,29,31)/b22-14-/t16-/m1/s1. The van der Waals surface area contributed by atoms with Crippen molar-refractivity contribution in [2.24, 2.45) is 0 Å². The molecular formula is C26H20Cl2N2O3S2. The van der Waals surface area contributed by atoms with Crippen molar-refractivity contribution in [2.45, 2.75) is 13.0 Å². The van der Waals surface area contributed by atoms with Crippen molar-refractivity contribution in [1.29, 1.82) is 0 Å². The quantitative estimate of drug-likeness (QED) is 0.258. The van der Waals surface area contributed by atoms with Gasteiger partial charge in [-0.15, -0.1) is 0 Å². The number of benzene rings is 3. The van der Waals surface area contributed by atoms with Gasteiger partial charge in [0.05, 0.1) is 26.7 Å². The zero-order valence-electron chi connectivity index (χ0n) is 18.5. The van der Waals surface area contributed by atoms with Gasteiger partial charge in [0.25, 0.3) is 11.8 Å². The number of nitrogens with zero attached hydrogens (tertiary/aromatic N) is 1. The van der Waals surface area contributed by atoms with Crippen LogP contribution in [0.15, 0.2) is 77.7 Å². The van der Waals surface area contributed by atoms with Crippen molar-refractivity contribution in [2.75, 3.05) is 11.9 Å². The van der Waals surface area contributed by atoms with Gasteiger partial charge < -0.3 is 10.1 Å². The second-order valence-electron chi connectivity index (χ2n) is 7.65. The van der Waals surface area contributed by atoms with E-state index in [1.807, 2.05) is 43.3 Å². The minimum Gasteiger partial charge on any atom is -0.484 e. The summed E-state index contributed by atoms with van der Waals surface area (Å²) >= 11 is 18.8. The number of halogens is 2. The molecule has 0 bridgehead atoms. The first-order chi connectivity index (χ1) is 16.8. The number of thiocarbonyl (C=S) groups is 1. The molecule has 5 nitrogen and oxygen atoms in total. The molecular weight excluding hydrogens is 523 g/mol. The van der Waals surface area contributed by atoms with Crippen LogP contribution in [0.25, 0.3) is 6.08 Å². The van der Waals surface area contributed by atoms with Gasteiger partial charge in [-0.1, -0.05) is 95.7 Å². The van der Waals surface area contributed by atoms with Gasteiger partial charge in [0, 0.05) is 0 Å². The van der Waals surface area contributed by atoms with Gasteiger partial charge in [-0.05, 0) is 48.4 Å². The summed E-state index contributed by atoms with van der Waals surface area (Å²) < 4.78 is 6.15. The van der Waals surface area contributed by atoms with Crippen LogP contribution in [0.4, 0.5) is 5.69 Å². The fourth-order valence-corrected chi connectivity index (χ4v) is 5.24. The number of carbonyl (C=O) groups excluding carboxylic acids is 2. The smallest absolute Gasteiger partial charge is 0.266 e. The van der Waals surface area contributed by atoms with E-state index in [9.17, 15) is 9.59 Å². The predicted octanol–water partition coefficient (Wildman–Crippen LogP) is 6.97. The third-order valence-electron chi connectivity index (χ3n) is 5.24. The number of nitrogens with one attached hydrogen (secondary N) is 1. The normalized spacial score (nSPS) is 15.4. The molecule has 1 fully saturated rings. The highest BCUT2D eigenvalue weighted by atomic mass is 35.5. The molecule has 3 aromatic carbocycles. The summed E-state index contributed by atoms with van der Waals surface area (Å²) in [6, 6.07) is 21.7. The molecule has 1 aliphatic heterocycles. The van der Waals surface area contributed by atoms with Gasteiger partial charge in [-0.25, -0.2) is 0 Å². The van der Waals surface area contributed by atoms with Gasteiger partial charge in [0.2, 0.25) is 0 Å². The predicted molar refractivity (Wildman–Crippen MR) is 147 cm³/mol. The molecule has 0 aromatic heterocycles. The van der Waals surface area contributed by atoms with Crippen LogP contribution in [-0.4, -0.2) is 27.6 Å². The summed E-state index contributed by atoms with van der Waals surface area (Å²) in [5.74, 6) is -0.0324. The Morgan fingerprint density at radius 3 is 2.63 bits per heavy atom. The molecule has 1 aliphatic rings. The second kappa shape index (κ2) is 11.3. The zero-order valence-corrected chi connectivity index (χ0v) is 21.7. The Morgan fingerprint density at radius 2 is 1.86 bits per heavy atom. The van der Waals surface area contributed by atoms with Crippen LogP contribution in [0, 0.1) is 0 Å². The summed E-state index contributed by atoms with van der Waals surface area (Å²) in [5.41, 5.74) is 2.18. The highest BCUT2D eigenvalue weighted by Crippen LogP contribution is 2.38. The average Bonchev–Trinajstić information content (AvgIpc) is 3.13. The molecule has 0 aliphatic carbocycles. The van der Waals surface area contributed by atoms with Gasteiger partial charge in [0.1, 0.15) is 10.1 Å². The number of thioether (sulfide) groups is 1. The van der Waals surface area contributed by atoms with Crippen molar-refractivity contribution in [1.82, 2.24) is 4.90 Å². The molecule has 2 amide bonds. The lowest BCUT2D eigenvalue weighted by Gasteiger charge is -2.23. The number of anilines is 1. The van der Waals surface area contributed by atoms with E-state index >= 15 is 0 Å². The number of hydrogen-bond donors (Lipinski definition) is 1. The maximum Gasteiger partial charge on any atom is 0.266 e. The first-order valence-electron chi connectivity index (χ1n) is 10.6. The van der Waals surface area contributed by atoms with Crippen LogP contribution in [0.2, 0.25) is 10.0 Å². The van der Waals surface area contributed by atoms with Crippen LogP contribution in [0.1, 0.15) is 24.1 Å². The molecule has 0 saturated carbocycles. The number of carbonyl (C=O) groups is 2. The molecule has 0 radical (unpaired) electrons. The van der Waals surface area contributed by atoms with E-state index < -0.39 is 0 Å². The maximum atomic E-state index is 13.1. The van der Waals surface area contributed by atoms with Crippen LogP contribution in [-0.2, 0) is 9.59 Å². The van der Waals surface area contributed by atoms with E-state index in [2.05, 4.69) is 5.32 Å². The second-order valence-corrected chi connectivity index (χ2v) is 10.1. The third kappa shape index (κ3) is 6.05. The molecule has 0 unspecified atom stereocenters. The molecule has 0 spiro atoms. The van der Waals surface area contributed by atoms with Crippen LogP contribution < -0.4 is 10.1 Å². The molecule has 1 atom stereocenters. The van der Waals surface area contributed by atoms with Crippen molar-refractivity contribution in [3.8, 4) is 5.75 Å². The summed E-state index contributed by atoms with van der Waals surface area (Å²) in [6.45, 7) is 1.74.